The van der Waals surface area contributed by atoms with Crippen LogP contribution in [0.1, 0.15) is 32.6 Å². The van der Waals surface area contributed by atoms with E-state index in [1.807, 2.05) is 32.9 Å². The molecule has 0 saturated carbocycles. The van der Waals surface area contributed by atoms with E-state index in [1.54, 1.807) is 18.5 Å². The van der Waals surface area contributed by atoms with Gasteiger partial charge >= 0.3 is 0 Å². The number of aromatic nitrogens is 1. The van der Waals surface area contributed by atoms with Crippen molar-refractivity contribution in [2.45, 2.75) is 27.3 Å². The van der Waals surface area contributed by atoms with Crippen molar-refractivity contribution in [3.05, 3.63) is 58.4 Å². The van der Waals surface area contributed by atoms with Crippen molar-refractivity contribution in [3.63, 3.8) is 0 Å². The molecule has 0 fully saturated rings. The van der Waals surface area contributed by atoms with Gasteiger partial charge in [0.2, 0.25) is 0 Å². The van der Waals surface area contributed by atoms with Crippen LogP contribution >= 0.6 is 0 Å². The van der Waals surface area contributed by atoms with Crippen molar-refractivity contribution >= 4 is 11.6 Å². The van der Waals surface area contributed by atoms with Crippen molar-refractivity contribution < 1.29 is 4.79 Å². The van der Waals surface area contributed by atoms with E-state index in [1.165, 1.54) is 0 Å². The lowest BCUT2D eigenvalue weighted by Gasteiger charge is -2.11. The summed E-state index contributed by atoms with van der Waals surface area (Å²) < 4.78 is 0. The highest BCUT2D eigenvalue weighted by Crippen LogP contribution is 2.18. The normalized spacial score (nSPS) is 10.3. The average molecular weight is 269 g/mol. The van der Waals surface area contributed by atoms with E-state index in [4.69, 9.17) is 5.73 Å². The van der Waals surface area contributed by atoms with Crippen molar-refractivity contribution in [2.24, 2.45) is 0 Å². The molecule has 0 unspecified atom stereocenters. The first kappa shape index (κ1) is 14.1. The van der Waals surface area contributed by atoms with Gasteiger partial charge in [-0.3, -0.25) is 9.78 Å². The van der Waals surface area contributed by atoms with Crippen LogP contribution < -0.4 is 11.1 Å². The highest BCUT2D eigenvalue weighted by atomic mass is 16.1. The second kappa shape index (κ2) is 5.74. The number of nitrogens with zero attached hydrogens (tertiary/aromatic N) is 1. The highest BCUT2D eigenvalue weighted by Gasteiger charge is 2.11. The minimum Gasteiger partial charge on any atom is -0.398 e. The average Bonchev–Trinajstić information content (AvgIpc) is 2.41. The Balaban J connectivity index is 2.13. The summed E-state index contributed by atoms with van der Waals surface area (Å²) in [4.78, 5) is 16.3. The van der Waals surface area contributed by atoms with Crippen LogP contribution in [0.4, 0.5) is 5.69 Å². The summed E-state index contributed by atoms with van der Waals surface area (Å²) in [6, 6.07) is 5.59. The van der Waals surface area contributed by atoms with Gasteiger partial charge in [0, 0.05) is 30.2 Å². The van der Waals surface area contributed by atoms with Gasteiger partial charge in [-0.25, -0.2) is 0 Å². The monoisotopic (exact) mass is 269 g/mol. The van der Waals surface area contributed by atoms with Gasteiger partial charge in [-0.1, -0.05) is 6.07 Å². The van der Waals surface area contributed by atoms with Gasteiger partial charge in [0.1, 0.15) is 0 Å². The lowest BCUT2D eigenvalue weighted by Crippen LogP contribution is -2.24. The number of rotatable bonds is 3. The third-order valence-electron chi connectivity index (χ3n) is 3.44. The summed E-state index contributed by atoms with van der Waals surface area (Å²) in [5.41, 5.74) is 11.2. The van der Waals surface area contributed by atoms with Crippen LogP contribution in [0, 0.1) is 20.8 Å². The Labute approximate surface area is 119 Å². The molecule has 0 spiro atoms. The van der Waals surface area contributed by atoms with Gasteiger partial charge in [-0.05, 0) is 55.2 Å². The third-order valence-corrected chi connectivity index (χ3v) is 3.44. The van der Waals surface area contributed by atoms with Gasteiger partial charge in [-0.2, -0.15) is 0 Å². The molecule has 1 amide bonds. The number of benzene rings is 1. The molecule has 20 heavy (non-hydrogen) atoms. The maximum atomic E-state index is 12.2. The molecule has 0 aliphatic heterocycles. The number of nitrogens with two attached hydrogens (primary N) is 1. The number of amides is 1. The van der Waals surface area contributed by atoms with Gasteiger partial charge in [-0.15, -0.1) is 0 Å². The Kier molecular flexibility index (Phi) is 4.03. The van der Waals surface area contributed by atoms with E-state index in [9.17, 15) is 4.79 Å². The number of hydrogen-bond donors (Lipinski definition) is 2. The molecule has 1 heterocycles. The minimum absolute atomic E-state index is 0.113. The largest absolute Gasteiger partial charge is 0.398 e. The minimum atomic E-state index is -0.113. The van der Waals surface area contributed by atoms with Crippen molar-refractivity contribution in [2.75, 3.05) is 5.73 Å². The van der Waals surface area contributed by atoms with Crippen LogP contribution in [0.25, 0.3) is 0 Å². The van der Waals surface area contributed by atoms with E-state index in [2.05, 4.69) is 10.3 Å². The molecule has 1 aromatic heterocycles. The summed E-state index contributed by atoms with van der Waals surface area (Å²) in [7, 11) is 0. The van der Waals surface area contributed by atoms with E-state index in [0.717, 1.165) is 22.3 Å². The first-order chi connectivity index (χ1) is 9.49. The van der Waals surface area contributed by atoms with E-state index >= 15 is 0 Å². The number of nitrogens with one attached hydrogen (secondary N) is 1. The topological polar surface area (TPSA) is 68.0 Å². The summed E-state index contributed by atoms with van der Waals surface area (Å²) in [6.07, 6.45) is 3.51. The van der Waals surface area contributed by atoms with Crippen molar-refractivity contribution in [1.82, 2.24) is 10.3 Å². The zero-order valence-electron chi connectivity index (χ0n) is 12.0. The molecular formula is C16H19N3O. The van der Waals surface area contributed by atoms with E-state index in [0.29, 0.717) is 17.8 Å². The molecule has 4 heteroatoms. The van der Waals surface area contributed by atoms with Gasteiger partial charge in [0.05, 0.1) is 0 Å². The van der Waals surface area contributed by atoms with Gasteiger partial charge < -0.3 is 11.1 Å². The predicted octanol–water partition coefficient (Wildman–Crippen LogP) is 2.52. The first-order valence-electron chi connectivity index (χ1n) is 6.53. The first-order valence-corrected chi connectivity index (χ1v) is 6.53. The molecule has 2 rings (SSSR count). The van der Waals surface area contributed by atoms with Crippen LogP contribution in [0.5, 0.6) is 0 Å². The number of carbonyl (C=O) groups is 1. The SMILES string of the molecule is Cc1cc(C)c(C(=O)NCc2cnccc2C)cc1N. The number of hydrogen-bond acceptors (Lipinski definition) is 3. The number of nitrogen functional groups attached to an aromatic ring is 1. The van der Waals surface area contributed by atoms with E-state index in [-0.39, 0.29) is 5.91 Å². The summed E-state index contributed by atoms with van der Waals surface area (Å²) in [6.45, 7) is 6.31. The van der Waals surface area contributed by atoms with E-state index < -0.39 is 0 Å². The maximum absolute atomic E-state index is 12.2. The molecule has 0 aliphatic carbocycles. The second-order valence-electron chi connectivity index (χ2n) is 5.01. The number of pyridine rings is 1. The van der Waals surface area contributed by atoms with Crippen LogP contribution in [-0.2, 0) is 6.54 Å². The summed E-state index contributed by atoms with van der Waals surface area (Å²) in [5.74, 6) is -0.113. The molecule has 1 aromatic carbocycles. The highest BCUT2D eigenvalue weighted by molar-refractivity contribution is 5.96. The number of carbonyl (C=O) groups excluding carboxylic acids is 1. The maximum Gasteiger partial charge on any atom is 0.251 e. The fourth-order valence-electron chi connectivity index (χ4n) is 2.07. The summed E-state index contributed by atoms with van der Waals surface area (Å²) in [5, 5.41) is 2.91. The van der Waals surface area contributed by atoms with Gasteiger partial charge in [0.15, 0.2) is 0 Å². The van der Waals surface area contributed by atoms with Gasteiger partial charge in [0.25, 0.3) is 5.91 Å². The number of anilines is 1. The van der Waals surface area contributed by atoms with Crippen LogP contribution in [0.2, 0.25) is 0 Å². The molecule has 0 aliphatic rings. The van der Waals surface area contributed by atoms with Crippen molar-refractivity contribution in [3.8, 4) is 0 Å². The second-order valence-corrected chi connectivity index (χ2v) is 5.01. The smallest absolute Gasteiger partial charge is 0.251 e. The number of aryl methyl sites for hydroxylation is 3. The molecular weight excluding hydrogens is 250 g/mol. The molecule has 0 atom stereocenters. The Hall–Kier alpha value is -2.36. The van der Waals surface area contributed by atoms with Crippen molar-refractivity contribution in [1.29, 1.82) is 0 Å². The Morgan fingerprint density at radius 2 is 1.95 bits per heavy atom. The molecule has 0 bridgehead atoms. The lowest BCUT2D eigenvalue weighted by atomic mass is 10.0. The van der Waals surface area contributed by atoms with Crippen LogP contribution in [0.15, 0.2) is 30.6 Å². The standard InChI is InChI=1S/C16H19N3O/c1-10-4-5-18-8-13(10)9-19-16(20)14-7-15(17)12(3)6-11(14)2/h4-8H,9,17H2,1-3H3,(H,19,20). The molecule has 0 saturated heterocycles. The third kappa shape index (κ3) is 2.96. The Morgan fingerprint density at radius 1 is 1.20 bits per heavy atom. The molecule has 4 nitrogen and oxygen atoms in total. The Morgan fingerprint density at radius 3 is 2.65 bits per heavy atom. The molecule has 2 aromatic rings. The fourth-order valence-corrected chi connectivity index (χ4v) is 2.07. The molecule has 104 valence electrons. The zero-order valence-corrected chi connectivity index (χ0v) is 12.0. The quantitative estimate of drug-likeness (QED) is 0.841. The molecule has 3 N–H and O–H groups in total. The Bertz CT molecular complexity index is 650. The molecule has 0 radical (unpaired) electrons. The summed E-state index contributed by atoms with van der Waals surface area (Å²) >= 11 is 0. The van der Waals surface area contributed by atoms with Crippen LogP contribution in [0.3, 0.4) is 0 Å². The fraction of sp³-hybridized carbons (Fsp3) is 0.250. The van der Waals surface area contributed by atoms with Crippen LogP contribution in [-0.4, -0.2) is 10.9 Å². The predicted molar refractivity (Wildman–Crippen MR) is 80.5 cm³/mol. The lowest BCUT2D eigenvalue weighted by molar-refractivity contribution is 0.0950. The zero-order chi connectivity index (χ0) is 14.7.